The monoisotopic (exact) mass is 337 g/mol. The summed E-state index contributed by atoms with van der Waals surface area (Å²) in [5, 5.41) is 0. The number of carbonyl (C=O) groups excluding carboxylic acids is 2. The van der Waals surface area contributed by atoms with Crippen molar-refractivity contribution < 1.29 is 23.8 Å². The van der Waals surface area contributed by atoms with Gasteiger partial charge in [-0.1, -0.05) is 6.92 Å². The number of carbonyl (C=O) groups is 2. The number of nitrogen functional groups attached to an aromatic ring is 1. The molecule has 1 aromatic heterocycles. The third-order valence-corrected chi connectivity index (χ3v) is 3.62. The lowest BCUT2D eigenvalue weighted by Crippen LogP contribution is -2.53. The maximum Gasteiger partial charge on any atom is 0.329 e. The van der Waals surface area contributed by atoms with Gasteiger partial charge in [0.25, 0.3) is 5.91 Å². The van der Waals surface area contributed by atoms with Crippen LogP contribution in [0.25, 0.3) is 0 Å². The van der Waals surface area contributed by atoms with Gasteiger partial charge in [-0.05, 0) is 32.4 Å². The largest absolute Gasteiger partial charge is 0.477 e. The smallest absolute Gasteiger partial charge is 0.329 e. The summed E-state index contributed by atoms with van der Waals surface area (Å²) in [7, 11) is 0. The summed E-state index contributed by atoms with van der Waals surface area (Å²) in [6, 6.07) is 2.43. The number of nitrogens with two attached hydrogens (primary N) is 1. The second kappa shape index (κ2) is 7.96. The Morgan fingerprint density at radius 2 is 2.17 bits per heavy atom. The predicted molar refractivity (Wildman–Crippen MR) is 87.8 cm³/mol. The van der Waals surface area contributed by atoms with Crippen LogP contribution in [0.1, 0.15) is 27.2 Å². The second-order valence-corrected chi connectivity index (χ2v) is 5.31. The summed E-state index contributed by atoms with van der Waals surface area (Å²) < 4.78 is 15.9. The van der Waals surface area contributed by atoms with Gasteiger partial charge in [-0.3, -0.25) is 9.69 Å². The summed E-state index contributed by atoms with van der Waals surface area (Å²) in [5.74, 6) is 0.0388. The van der Waals surface area contributed by atoms with Crippen molar-refractivity contribution in [1.29, 1.82) is 0 Å². The molecule has 1 amide bonds. The average molecular weight is 337 g/mol. The van der Waals surface area contributed by atoms with Crippen LogP contribution in [0.2, 0.25) is 0 Å². The van der Waals surface area contributed by atoms with Gasteiger partial charge in [0.2, 0.25) is 0 Å². The number of aromatic nitrogens is 1. The van der Waals surface area contributed by atoms with E-state index in [4.69, 9.17) is 19.9 Å². The van der Waals surface area contributed by atoms with Crippen LogP contribution in [-0.4, -0.2) is 48.8 Å². The fraction of sp³-hybridized carbons (Fsp3) is 0.562. The Bertz CT molecular complexity index is 607. The summed E-state index contributed by atoms with van der Waals surface area (Å²) in [5.41, 5.74) is 5.72. The molecule has 1 aliphatic rings. The van der Waals surface area contributed by atoms with Crippen molar-refractivity contribution in [3.05, 3.63) is 12.1 Å². The standard InChI is InChI=1S/C16H23N3O5/c1-4-11(16(21)23-9-8-22-5-2)19-14-12(6-7-13(17)18-14)24-10(3)15(19)20/h6-7,10-11H,4-5,8-9H2,1-3H3,(H2,17,18). The number of hydrogen-bond acceptors (Lipinski definition) is 7. The van der Waals surface area contributed by atoms with E-state index in [1.807, 2.05) is 6.92 Å². The number of nitrogens with zero attached hydrogens (tertiary/aromatic N) is 2. The molecule has 2 rings (SSSR count). The highest BCUT2D eigenvalue weighted by atomic mass is 16.6. The number of ether oxygens (including phenoxy) is 3. The molecule has 2 N–H and O–H groups in total. The quantitative estimate of drug-likeness (QED) is 0.587. The molecule has 0 bridgehead atoms. The van der Waals surface area contributed by atoms with Gasteiger partial charge < -0.3 is 19.9 Å². The van der Waals surface area contributed by atoms with Crippen molar-refractivity contribution in [2.75, 3.05) is 30.5 Å². The number of fused-ring (bicyclic) bond motifs is 1. The molecule has 2 unspecified atom stereocenters. The molecule has 2 heterocycles. The lowest BCUT2D eigenvalue weighted by Gasteiger charge is -2.35. The van der Waals surface area contributed by atoms with Crippen LogP contribution in [0.5, 0.6) is 5.75 Å². The van der Waals surface area contributed by atoms with E-state index in [2.05, 4.69) is 4.98 Å². The first-order chi connectivity index (χ1) is 11.5. The molecular weight excluding hydrogens is 314 g/mol. The third kappa shape index (κ3) is 3.76. The highest BCUT2D eigenvalue weighted by Gasteiger charge is 2.40. The van der Waals surface area contributed by atoms with E-state index in [1.165, 1.54) is 4.90 Å². The van der Waals surface area contributed by atoms with Gasteiger partial charge in [-0.15, -0.1) is 0 Å². The molecule has 2 atom stereocenters. The SMILES string of the molecule is CCOCCOC(=O)C(CC)N1C(=O)C(C)Oc2ccc(N)nc21. The molecule has 1 aromatic rings. The summed E-state index contributed by atoms with van der Waals surface area (Å²) in [6.07, 6.45) is -0.338. The summed E-state index contributed by atoms with van der Waals surface area (Å²) >= 11 is 0. The minimum absolute atomic E-state index is 0.133. The second-order valence-electron chi connectivity index (χ2n) is 5.31. The number of rotatable bonds is 7. The summed E-state index contributed by atoms with van der Waals surface area (Å²) in [4.78, 5) is 30.5. The van der Waals surface area contributed by atoms with Crippen molar-refractivity contribution in [2.45, 2.75) is 39.3 Å². The Balaban J connectivity index is 2.24. The molecule has 0 radical (unpaired) electrons. The Kier molecular flexibility index (Phi) is 5.97. The molecule has 1 aliphatic heterocycles. The van der Waals surface area contributed by atoms with Gasteiger partial charge >= 0.3 is 5.97 Å². The molecule has 0 aliphatic carbocycles. The molecule has 132 valence electrons. The van der Waals surface area contributed by atoms with Crippen molar-refractivity contribution >= 4 is 23.5 Å². The van der Waals surface area contributed by atoms with Crippen molar-refractivity contribution in [3.63, 3.8) is 0 Å². The summed E-state index contributed by atoms with van der Waals surface area (Å²) in [6.45, 7) is 6.28. The fourth-order valence-electron chi connectivity index (χ4n) is 2.45. The van der Waals surface area contributed by atoms with Gasteiger partial charge in [0.05, 0.1) is 6.61 Å². The van der Waals surface area contributed by atoms with Crippen LogP contribution < -0.4 is 15.4 Å². The number of esters is 1. The molecule has 0 saturated heterocycles. The van der Waals surface area contributed by atoms with Gasteiger partial charge in [-0.25, -0.2) is 9.78 Å². The van der Waals surface area contributed by atoms with Gasteiger partial charge in [0.15, 0.2) is 17.7 Å². The first-order valence-electron chi connectivity index (χ1n) is 8.00. The van der Waals surface area contributed by atoms with E-state index in [9.17, 15) is 9.59 Å². The minimum atomic E-state index is -0.793. The highest BCUT2D eigenvalue weighted by molar-refractivity contribution is 6.03. The first-order valence-corrected chi connectivity index (χ1v) is 8.00. The number of amides is 1. The maximum absolute atomic E-state index is 12.6. The van der Waals surface area contributed by atoms with Crippen LogP contribution >= 0.6 is 0 Å². The number of pyridine rings is 1. The van der Waals surface area contributed by atoms with E-state index < -0.39 is 18.1 Å². The van der Waals surface area contributed by atoms with E-state index in [0.717, 1.165) is 0 Å². The normalized spacial score (nSPS) is 17.9. The highest BCUT2D eigenvalue weighted by Crippen LogP contribution is 2.35. The average Bonchev–Trinajstić information content (AvgIpc) is 2.56. The number of anilines is 2. The van der Waals surface area contributed by atoms with Crippen LogP contribution in [0, 0.1) is 0 Å². The molecular formula is C16H23N3O5. The fourth-order valence-corrected chi connectivity index (χ4v) is 2.45. The Labute approximate surface area is 140 Å². The predicted octanol–water partition coefficient (Wildman–Crippen LogP) is 1.14. The molecule has 8 heteroatoms. The van der Waals surface area contributed by atoms with Gasteiger partial charge in [0, 0.05) is 6.61 Å². The lowest BCUT2D eigenvalue weighted by atomic mass is 10.1. The zero-order valence-electron chi connectivity index (χ0n) is 14.2. The van der Waals surface area contributed by atoms with Crippen molar-refractivity contribution in [2.24, 2.45) is 0 Å². The minimum Gasteiger partial charge on any atom is -0.477 e. The molecule has 0 aromatic carbocycles. The third-order valence-electron chi connectivity index (χ3n) is 3.62. The Morgan fingerprint density at radius 1 is 1.42 bits per heavy atom. The Morgan fingerprint density at radius 3 is 2.83 bits per heavy atom. The van der Waals surface area contributed by atoms with Crippen LogP contribution in [0.4, 0.5) is 11.6 Å². The molecule has 0 spiro atoms. The zero-order valence-corrected chi connectivity index (χ0v) is 14.2. The van der Waals surface area contributed by atoms with Crippen molar-refractivity contribution in [3.8, 4) is 5.75 Å². The molecule has 8 nitrogen and oxygen atoms in total. The van der Waals surface area contributed by atoms with E-state index >= 15 is 0 Å². The van der Waals surface area contributed by atoms with Crippen molar-refractivity contribution in [1.82, 2.24) is 4.98 Å². The van der Waals surface area contributed by atoms with E-state index in [-0.39, 0.29) is 24.1 Å². The lowest BCUT2D eigenvalue weighted by molar-refractivity contribution is -0.148. The number of hydrogen-bond donors (Lipinski definition) is 1. The van der Waals surface area contributed by atoms with Gasteiger partial charge in [-0.2, -0.15) is 0 Å². The maximum atomic E-state index is 12.6. The Hall–Kier alpha value is -2.35. The first kappa shape index (κ1) is 18.0. The van der Waals surface area contributed by atoms with Crippen LogP contribution in [0.3, 0.4) is 0 Å². The van der Waals surface area contributed by atoms with Crippen LogP contribution in [0.15, 0.2) is 12.1 Å². The van der Waals surface area contributed by atoms with E-state index in [1.54, 1.807) is 26.0 Å². The van der Waals surface area contributed by atoms with E-state index in [0.29, 0.717) is 25.4 Å². The van der Waals surface area contributed by atoms with Gasteiger partial charge in [0.1, 0.15) is 18.5 Å². The molecule has 24 heavy (non-hydrogen) atoms. The molecule has 0 fully saturated rings. The topological polar surface area (TPSA) is 104 Å². The zero-order chi connectivity index (χ0) is 17.7. The molecule has 0 saturated carbocycles. The van der Waals surface area contributed by atoms with Crippen LogP contribution in [-0.2, 0) is 19.1 Å².